The van der Waals surface area contributed by atoms with Crippen LogP contribution in [0.5, 0.6) is 17.2 Å². The number of hydrogen-bond donors (Lipinski definition) is 2. The van der Waals surface area contributed by atoms with E-state index in [1.165, 1.54) is 6.21 Å². The molecule has 0 spiro atoms. The second-order valence-electron chi connectivity index (χ2n) is 5.27. The Morgan fingerprint density at radius 3 is 2.81 bits per heavy atom. The van der Waals surface area contributed by atoms with E-state index in [0.717, 1.165) is 5.56 Å². The molecule has 0 fully saturated rings. The van der Waals surface area contributed by atoms with Crippen LogP contribution in [0.3, 0.4) is 0 Å². The smallest absolute Gasteiger partial charge is 0.277 e. The van der Waals surface area contributed by atoms with Crippen LogP contribution in [-0.4, -0.2) is 30.4 Å². The first-order valence-corrected chi connectivity index (χ1v) is 8.94. The molecule has 0 unspecified atom stereocenters. The lowest BCUT2D eigenvalue weighted by molar-refractivity contribution is -0.123. The normalized spacial score (nSPS) is 10.8. The number of nitrogens with zero attached hydrogens (tertiary/aromatic N) is 1. The number of hydrogen-bond acceptors (Lipinski definition) is 5. The third-order valence-electron chi connectivity index (χ3n) is 3.26. The number of hydrazone groups is 1. The lowest BCUT2D eigenvalue weighted by Crippen LogP contribution is -2.24. The van der Waals surface area contributed by atoms with E-state index in [1.54, 1.807) is 30.3 Å². The predicted molar refractivity (Wildman–Crippen MR) is 104 cm³/mol. The zero-order valence-corrected chi connectivity index (χ0v) is 16.6. The van der Waals surface area contributed by atoms with Crippen molar-refractivity contribution in [1.82, 2.24) is 5.43 Å². The third-order valence-corrected chi connectivity index (χ3v) is 4.14. The number of carbonyl (C=O) groups is 1. The first-order chi connectivity index (χ1) is 12.4. The summed E-state index contributed by atoms with van der Waals surface area (Å²) in [5.41, 5.74) is 3.60. The number of halogens is 2. The maximum Gasteiger partial charge on any atom is 0.277 e. The minimum absolute atomic E-state index is 0.0547. The molecule has 0 aliphatic rings. The van der Waals surface area contributed by atoms with E-state index in [0.29, 0.717) is 33.2 Å². The number of aryl methyl sites for hydroxylation is 1. The van der Waals surface area contributed by atoms with Gasteiger partial charge in [0.15, 0.2) is 18.1 Å². The summed E-state index contributed by atoms with van der Waals surface area (Å²) < 4.78 is 11.4. The van der Waals surface area contributed by atoms with E-state index in [2.05, 4.69) is 26.5 Å². The van der Waals surface area contributed by atoms with Crippen LogP contribution in [0.2, 0.25) is 5.02 Å². The average Bonchev–Trinajstić information content (AvgIpc) is 2.60. The fourth-order valence-corrected chi connectivity index (χ4v) is 2.59. The van der Waals surface area contributed by atoms with Gasteiger partial charge in [0.2, 0.25) is 0 Å². The summed E-state index contributed by atoms with van der Waals surface area (Å²) in [6.07, 6.45) is 1.33. The number of carbonyl (C=O) groups excluding carboxylic acids is 1. The van der Waals surface area contributed by atoms with Gasteiger partial charge in [0.25, 0.3) is 5.91 Å². The first-order valence-electron chi connectivity index (χ1n) is 7.77. The fourth-order valence-electron chi connectivity index (χ4n) is 2.02. The number of rotatable bonds is 7. The van der Waals surface area contributed by atoms with E-state index in [1.807, 2.05) is 13.8 Å². The van der Waals surface area contributed by atoms with Gasteiger partial charge < -0.3 is 14.6 Å². The van der Waals surface area contributed by atoms with E-state index < -0.39 is 5.91 Å². The van der Waals surface area contributed by atoms with Crippen LogP contribution < -0.4 is 14.9 Å². The highest BCUT2D eigenvalue weighted by Crippen LogP contribution is 2.32. The summed E-state index contributed by atoms with van der Waals surface area (Å²) >= 11 is 9.27. The van der Waals surface area contributed by atoms with Crippen LogP contribution in [0.25, 0.3) is 0 Å². The number of ether oxygens (including phenoxy) is 2. The van der Waals surface area contributed by atoms with Crippen LogP contribution in [0.15, 0.2) is 39.9 Å². The van der Waals surface area contributed by atoms with Gasteiger partial charge in [0.1, 0.15) is 5.75 Å². The summed E-state index contributed by atoms with van der Waals surface area (Å²) in [5, 5.41) is 14.6. The molecule has 2 N–H and O–H groups in total. The Labute approximate surface area is 164 Å². The highest BCUT2D eigenvalue weighted by Gasteiger charge is 2.09. The van der Waals surface area contributed by atoms with Crippen LogP contribution in [0.4, 0.5) is 0 Å². The molecule has 0 aromatic heterocycles. The molecule has 1 amide bonds. The minimum atomic E-state index is -0.437. The highest BCUT2D eigenvalue weighted by molar-refractivity contribution is 9.10. The molecule has 0 bridgehead atoms. The Bertz CT molecular complexity index is 827. The molecule has 2 aromatic rings. The van der Waals surface area contributed by atoms with Crippen molar-refractivity contribution < 1.29 is 19.4 Å². The van der Waals surface area contributed by atoms with Crippen molar-refractivity contribution in [3.8, 4) is 17.2 Å². The summed E-state index contributed by atoms with van der Waals surface area (Å²) in [5.74, 6) is 0.377. The zero-order valence-electron chi connectivity index (χ0n) is 14.3. The molecule has 0 saturated carbocycles. The second-order valence-corrected chi connectivity index (χ2v) is 6.59. The molecule has 0 radical (unpaired) electrons. The molecular formula is C18H18BrClN2O4. The summed E-state index contributed by atoms with van der Waals surface area (Å²) in [7, 11) is 0. The summed E-state index contributed by atoms with van der Waals surface area (Å²) in [6, 6.07) is 8.43. The Morgan fingerprint density at radius 2 is 2.12 bits per heavy atom. The standard InChI is InChI=1S/C18H18BrClN2O4/c1-3-25-16-8-13(19)7-12(18(16)24)9-21-22-17(23)10-26-14-4-5-15(20)11(2)6-14/h4-9,24H,3,10H2,1-2H3,(H,22,23). The largest absolute Gasteiger partial charge is 0.504 e. The van der Waals surface area contributed by atoms with Gasteiger partial charge in [-0.3, -0.25) is 4.79 Å². The van der Waals surface area contributed by atoms with Gasteiger partial charge in [0.05, 0.1) is 12.8 Å². The Hall–Kier alpha value is -2.25. The highest BCUT2D eigenvalue weighted by atomic mass is 79.9. The third kappa shape index (κ3) is 5.64. The Balaban J connectivity index is 1.93. The fraction of sp³-hybridized carbons (Fsp3) is 0.222. The molecule has 0 atom stereocenters. The minimum Gasteiger partial charge on any atom is -0.504 e. The molecule has 138 valence electrons. The van der Waals surface area contributed by atoms with Crippen LogP contribution in [0.1, 0.15) is 18.1 Å². The predicted octanol–water partition coefficient (Wildman–Crippen LogP) is 4.04. The number of nitrogens with one attached hydrogen (secondary N) is 1. The lowest BCUT2D eigenvalue weighted by Gasteiger charge is -2.09. The van der Waals surface area contributed by atoms with Gasteiger partial charge in [-0.1, -0.05) is 27.5 Å². The van der Waals surface area contributed by atoms with Crippen molar-refractivity contribution in [3.05, 3.63) is 51.0 Å². The Kier molecular flexibility index (Phi) is 7.29. The Morgan fingerprint density at radius 1 is 1.35 bits per heavy atom. The number of phenolic OH excluding ortho intramolecular Hbond substituents is 1. The van der Waals surface area contributed by atoms with Gasteiger partial charge in [-0.25, -0.2) is 5.43 Å². The van der Waals surface area contributed by atoms with Gasteiger partial charge in [-0.05, 0) is 49.7 Å². The monoisotopic (exact) mass is 440 g/mol. The van der Waals surface area contributed by atoms with E-state index in [4.69, 9.17) is 21.1 Å². The number of phenols is 1. The molecule has 8 heteroatoms. The van der Waals surface area contributed by atoms with E-state index in [-0.39, 0.29) is 12.4 Å². The molecule has 6 nitrogen and oxygen atoms in total. The summed E-state index contributed by atoms with van der Waals surface area (Å²) in [6.45, 7) is 3.88. The van der Waals surface area contributed by atoms with Gasteiger partial charge in [-0.2, -0.15) is 5.10 Å². The van der Waals surface area contributed by atoms with Crippen molar-refractivity contribution in [2.75, 3.05) is 13.2 Å². The maximum absolute atomic E-state index is 11.8. The molecule has 0 aliphatic heterocycles. The first kappa shape index (κ1) is 20.1. The number of amides is 1. The van der Waals surface area contributed by atoms with Gasteiger partial charge in [-0.15, -0.1) is 0 Å². The molecular weight excluding hydrogens is 424 g/mol. The summed E-state index contributed by atoms with van der Waals surface area (Å²) in [4.78, 5) is 11.8. The van der Waals surface area contributed by atoms with Crippen molar-refractivity contribution >= 4 is 39.7 Å². The van der Waals surface area contributed by atoms with Crippen LogP contribution in [0, 0.1) is 6.92 Å². The molecule has 0 aliphatic carbocycles. The van der Waals surface area contributed by atoms with Crippen molar-refractivity contribution in [2.45, 2.75) is 13.8 Å². The van der Waals surface area contributed by atoms with E-state index in [9.17, 15) is 9.90 Å². The van der Waals surface area contributed by atoms with Crippen molar-refractivity contribution in [3.63, 3.8) is 0 Å². The average molecular weight is 442 g/mol. The zero-order chi connectivity index (χ0) is 19.1. The number of benzene rings is 2. The number of aromatic hydroxyl groups is 1. The second kappa shape index (κ2) is 9.45. The molecule has 0 heterocycles. The van der Waals surface area contributed by atoms with Crippen molar-refractivity contribution in [1.29, 1.82) is 0 Å². The van der Waals surface area contributed by atoms with Crippen molar-refractivity contribution in [2.24, 2.45) is 5.10 Å². The van der Waals surface area contributed by atoms with Crippen LogP contribution >= 0.6 is 27.5 Å². The van der Waals surface area contributed by atoms with Crippen LogP contribution in [-0.2, 0) is 4.79 Å². The SMILES string of the molecule is CCOc1cc(Br)cc(C=NNC(=O)COc2ccc(Cl)c(C)c2)c1O. The quantitative estimate of drug-likeness (QED) is 0.502. The lowest BCUT2D eigenvalue weighted by atomic mass is 10.2. The maximum atomic E-state index is 11.8. The molecule has 26 heavy (non-hydrogen) atoms. The molecule has 2 aromatic carbocycles. The molecule has 0 saturated heterocycles. The topological polar surface area (TPSA) is 80.2 Å². The molecule has 2 rings (SSSR count). The van der Waals surface area contributed by atoms with Gasteiger partial charge >= 0.3 is 0 Å². The van der Waals surface area contributed by atoms with Gasteiger partial charge in [0, 0.05) is 15.1 Å². The van der Waals surface area contributed by atoms with E-state index >= 15 is 0 Å².